The van der Waals surface area contributed by atoms with Crippen molar-refractivity contribution in [1.29, 1.82) is 0 Å². The van der Waals surface area contributed by atoms with Crippen molar-refractivity contribution in [2.45, 2.75) is 46.6 Å². The molecule has 0 aromatic carbocycles. The van der Waals surface area contributed by atoms with Crippen LogP contribution >= 0.6 is 0 Å². The normalized spacial score (nSPS) is 12.7. The van der Waals surface area contributed by atoms with Crippen LogP contribution in [-0.2, 0) is 9.53 Å². The summed E-state index contributed by atoms with van der Waals surface area (Å²) < 4.78 is 5.62. The summed E-state index contributed by atoms with van der Waals surface area (Å²) in [5.74, 6) is 0.148. The number of carbonyl (C=O) groups excluding carboxylic acids is 1. The van der Waals surface area contributed by atoms with Gasteiger partial charge in [-0.15, -0.1) is 0 Å². The van der Waals surface area contributed by atoms with Gasteiger partial charge in [-0.1, -0.05) is 13.8 Å². The monoisotopic (exact) mass is 215 g/mol. The first kappa shape index (κ1) is 14.4. The second-order valence-corrected chi connectivity index (χ2v) is 5.45. The molecule has 0 aromatic rings. The Morgan fingerprint density at radius 1 is 1.20 bits per heavy atom. The minimum atomic E-state index is -0.373. The molecule has 3 heteroatoms. The number of nitrogens with zero attached hydrogens (tertiary/aromatic N) is 1. The molecule has 0 saturated heterocycles. The van der Waals surface area contributed by atoms with Crippen LogP contribution in [0.3, 0.4) is 0 Å². The predicted molar refractivity (Wildman–Crippen MR) is 62.8 cm³/mol. The maximum atomic E-state index is 11.9. The molecule has 90 valence electrons. The lowest BCUT2D eigenvalue weighted by atomic mass is 9.80. The van der Waals surface area contributed by atoms with E-state index in [9.17, 15) is 4.79 Å². The number of amides is 1. The Bertz CT molecular complexity index is 220. The maximum Gasteiger partial charge on any atom is 0.227 e. The van der Waals surface area contributed by atoms with Gasteiger partial charge >= 0.3 is 0 Å². The second kappa shape index (κ2) is 4.97. The zero-order valence-corrected chi connectivity index (χ0v) is 11.2. The van der Waals surface area contributed by atoms with E-state index in [0.717, 1.165) is 6.42 Å². The SMILES string of the molecule is CCOC(C)(C)CC(C)(C)C(=O)N(C)C. The van der Waals surface area contributed by atoms with Crippen molar-refractivity contribution in [3.8, 4) is 0 Å². The van der Waals surface area contributed by atoms with Gasteiger partial charge in [0.25, 0.3) is 0 Å². The van der Waals surface area contributed by atoms with Crippen molar-refractivity contribution in [2.75, 3.05) is 20.7 Å². The smallest absolute Gasteiger partial charge is 0.227 e. The van der Waals surface area contributed by atoms with Gasteiger partial charge < -0.3 is 9.64 Å². The fraction of sp³-hybridized carbons (Fsp3) is 0.917. The van der Waals surface area contributed by atoms with Crippen LogP contribution in [0.5, 0.6) is 0 Å². The number of hydrogen-bond donors (Lipinski definition) is 0. The highest BCUT2D eigenvalue weighted by molar-refractivity contribution is 5.81. The molecule has 0 aliphatic heterocycles. The minimum absolute atomic E-state index is 0.148. The topological polar surface area (TPSA) is 29.5 Å². The third-order valence-electron chi connectivity index (χ3n) is 2.39. The van der Waals surface area contributed by atoms with E-state index in [0.29, 0.717) is 6.61 Å². The van der Waals surface area contributed by atoms with Gasteiger partial charge in [-0.3, -0.25) is 4.79 Å². The summed E-state index contributed by atoms with van der Waals surface area (Å²) in [5, 5.41) is 0. The maximum absolute atomic E-state index is 11.9. The first-order valence-electron chi connectivity index (χ1n) is 5.48. The number of hydrogen-bond acceptors (Lipinski definition) is 2. The number of ether oxygens (including phenoxy) is 1. The molecule has 0 aliphatic rings. The highest BCUT2D eigenvalue weighted by Crippen LogP contribution is 2.31. The largest absolute Gasteiger partial charge is 0.376 e. The Morgan fingerprint density at radius 3 is 2.00 bits per heavy atom. The van der Waals surface area contributed by atoms with Crippen molar-refractivity contribution >= 4 is 5.91 Å². The van der Waals surface area contributed by atoms with E-state index in [1.165, 1.54) is 0 Å². The molecule has 0 fully saturated rings. The fourth-order valence-corrected chi connectivity index (χ4v) is 2.19. The summed E-state index contributed by atoms with van der Waals surface area (Å²) in [6.07, 6.45) is 0.727. The standard InChI is InChI=1S/C12H25NO2/c1-8-15-12(4,5)9-11(2,3)10(14)13(6)7/h8-9H2,1-7H3. The van der Waals surface area contributed by atoms with Gasteiger partial charge in [-0.05, 0) is 27.2 Å². The van der Waals surface area contributed by atoms with E-state index in [1.54, 1.807) is 19.0 Å². The molecule has 0 rings (SSSR count). The third kappa shape index (κ3) is 4.65. The Labute approximate surface area is 93.8 Å². The average molecular weight is 215 g/mol. The van der Waals surface area contributed by atoms with Gasteiger partial charge in [0.2, 0.25) is 5.91 Å². The van der Waals surface area contributed by atoms with Crippen LogP contribution in [0.1, 0.15) is 41.0 Å². The summed E-state index contributed by atoms with van der Waals surface area (Å²) in [7, 11) is 3.58. The van der Waals surface area contributed by atoms with Gasteiger partial charge in [0, 0.05) is 26.1 Å². The molecule has 0 heterocycles. The molecule has 0 atom stereocenters. The molecule has 0 radical (unpaired) electrons. The molecule has 3 nitrogen and oxygen atoms in total. The highest BCUT2D eigenvalue weighted by atomic mass is 16.5. The summed E-state index contributed by atoms with van der Waals surface area (Å²) in [5.41, 5.74) is -0.619. The van der Waals surface area contributed by atoms with Gasteiger partial charge in [-0.2, -0.15) is 0 Å². The van der Waals surface area contributed by atoms with E-state index in [1.807, 2.05) is 34.6 Å². The van der Waals surface area contributed by atoms with Gasteiger partial charge in [0.1, 0.15) is 0 Å². The molecule has 0 aromatic heterocycles. The summed E-state index contributed by atoms with van der Waals surface area (Å²) >= 11 is 0. The lowest BCUT2D eigenvalue weighted by Gasteiger charge is -2.35. The molecule has 0 bridgehead atoms. The Morgan fingerprint density at radius 2 is 1.67 bits per heavy atom. The van der Waals surface area contributed by atoms with Crippen LogP contribution in [0, 0.1) is 5.41 Å². The number of carbonyl (C=O) groups is 1. The second-order valence-electron chi connectivity index (χ2n) is 5.45. The van der Waals surface area contributed by atoms with Gasteiger partial charge in [-0.25, -0.2) is 0 Å². The van der Waals surface area contributed by atoms with Crippen molar-refractivity contribution in [3.63, 3.8) is 0 Å². The molecule has 0 unspecified atom stereocenters. The van der Waals surface area contributed by atoms with Gasteiger partial charge in [0.15, 0.2) is 0 Å². The van der Waals surface area contributed by atoms with E-state index in [-0.39, 0.29) is 16.9 Å². The molecular formula is C12H25NO2. The quantitative estimate of drug-likeness (QED) is 0.704. The fourth-order valence-electron chi connectivity index (χ4n) is 2.19. The number of rotatable bonds is 5. The molecule has 0 spiro atoms. The van der Waals surface area contributed by atoms with Crippen LogP contribution in [0.25, 0.3) is 0 Å². The zero-order chi connectivity index (χ0) is 12.3. The van der Waals surface area contributed by atoms with Crippen molar-refractivity contribution in [1.82, 2.24) is 4.90 Å². The molecule has 0 aliphatic carbocycles. The van der Waals surface area contributed by atoms with E-state index in [4.69, 9.17) is 4.74 Å². The van der Waals surface area contributed by atoms with E-state index >= 15 is 0 Å². The lowest BCUT2D eigenvalue weighted by Crippen LogP contribution is -2.41. The van der Waals surface area contributed by atoms with E-state index in [2.05, 4.69) is 0 Å². The Hall–Kier alpha value is -0.570. The van der Waals surface area contributed by atoms with Crippen LogP contribution in [-0.4, -0.2) is 37.1 Å². The van der Waals surface area contributed by atoms with Crippen molar-refractivity contribution in [3.05, 3.63) is 0 Å². The lowest BCUT2D eigenvalue weighted by molar-refractivity contribution is -0.142. The summed E-state index contributed by atoms with van der Waals surface area (Å²) in [6, 6.07) is 0. The van der Waals surface area contributed by atoms with Crippen LogP contribution in [0.15, 0.2) is 0 Å². The molecule has 0 saturated carbocycles. The Kier molecular flexibility index (Phi) is 4.78. The predicted octanol–water partition coefficient (Wildman–Crippen LogP) is 2.31. The first-order valence-corrected chi connectivity index (χ1v) is 5.48. The Balaban J connectivity index is 4.56. The molecule has 0 N–H and O–H groups in total. The van der Waals surface area contributed by atoms with Gasteiger partial charge in [0.05, 0.1) is 5.60 Å². The third-order valence-corrected chi connectivity index (χ3v) is 2.39. The molecule has 1 amide bonds. The minimum Gasteiger partial charge on any atom is -0.376 e. The molecule has 15 heavy (non-hydrogen) atoms. The van der Waals surface area contributed by atoms with Crippen LogP contribution in [0.4, 0.5) is 0 Å². The summed E-state index contributed by atoms with van der Waals surface area (Å²) in [6.45, 7) is 10.6. The average Bonchev–Trinajstić information content (AvgIpc) is 2.00. The molecular weight excluding hydrogens is 190 g/mol. The summed E-state index contributed by atoms with van der Waals surface area (Å²) in [4.78, 5) is 13.6. The van der Waals surface area contributed by atoms with Crippen molar-refractivity contribution in [2.24, 2.45) is 5.41 Å². The zero-order valence-electron chi connectivity index (χ0n) is 11.2. The first-order chi connectivity index (χ1) is 6.62. The van der Waals surface area contributed by atoms with E-state index < -0.39 is 0 Å². The van der Waals surface area contributed by atoms with Crippen LogP contribution < -0.4 is 0 Å². The highest BCUT2D eigenvalue weighted by Gasteiger charge is 2.35. The van der Waals surface area contributed by atoms with Crippen LogP contribution in [0.2, 0.25) is 0 Å². The van der Waals surface area contributed by atoms with Crippen molar-refractivity contribution < 1.29 is 9.53 Å².